The maximum Gasteiger partial charge on any atom is 0.252 e. The van der Waals surface area contributed by atoms with E-state index in [1.165, 1.54) is 38.8 Å². The van der Waals surface area contributed by atoms with Gasteiger partial charge in [0.2, 0.25) is 0 Å². The monoisotopic (exact) mass is 351 g/mol. The number of amides is 1. The summed E-state index contributed by atoms with van der Waals surface area (Å²) < 4.78 is 0. The van der Waals surface area contributed by atoms with Gasteiger partial charge in [0.25, 0.3) is 5.91 Å². The number of hydrogen-bond donors (Lipinski definition) is 1. The molecule has 0 bridgehead atoms. The summed E-state index contributed by atoms with van der Waals surface area (Å²) in [4.78, 5) is 22.1. The van der Waals surface area contributed by atoms with Gasteiger partial charge in [-0.2, -0.15) is 0 Å². The predicted molar refractivity (Wildman–Crippen MR) is 104 cm³/mol. The molecule has 1 radical (unpaired) electrons. The third-order valence-electron chi connectivity index (χ3n) is 5.92. The molecular formula is C21H27N4O. The molecule has 1 aromatic heterocycles. The largest absolute Gasteiger partial charge is 0.365 e. The van der Waals surface area contributed by atoms with Crippen molar-refractivity contribution >= 4 is 22.6 Å². The van der Waals surface area contributed by atoms with Gasteiger partial charge in [0.1, 0.15) is 5.82 Å². The average molecular weight is 351 g/mol. The van der Waals surface area contributed by atoms with Crippen molar-refractivity contribution in [1.29, 1.82) is 0 Å². The van der Waals surface area contributed by atoms with E-state index in [1.807, 2.05) is 25.1 Å². The summed E-state index contributed by atoms with van der Waals surface area (Å²) in [6.07, 6.45) is 6.18. The van der Waals surface area contributed by atoms with Gasteiger partial charge in [-0.15, -0.1) is 0 Å². The fraction of sp³-hybridized carbons (Fsp3) is 0.524. The van der Waals surface area contributed by atoms with Crippen LogP contribution in [-0.2, 0) is 0 Å². The molecule has 26 heavy (non-hydrogen) atoms. The number of carbonyl (C=O) groups is 1. The van der Waals surface area contributed by atoms with E-state index in [9.17, 15) is 4.79 Å². The highest BCUT2D eigenvalue weighted by atomic mass is 16.1. The number of likely N-dealkylation sites (tertiary alicyclic amines) is 1. The third kappa shape index (κ3) is 3.16. The van der Waals surface area contributed by atoms with Gasteiger partial charge in [0, 0.05) is 24.5 Å². The molecular weight excluding hydrogens is 324 g/mol. The van der Waals surface area contributed by atoms with E-state index in [4.69, 9.17) is 10.7 Å². The molecule has 2 saturated heterocycles. The average Bonchev–Trinajstić information content (AvgIpc) is 3.06. The van der Waals surface area contributed by atoms with Gasteiger partial charge < -0.3 is 10.6 Å². The first-order valence-corrected chi connectivity index (χ1v) is 9.74. The maximum atomic E-state index is 12.3. The van der Waals surface area contributed by atoms with Crippen molar-refractivity contribution in [1.82, 2.24) is 9.88 Å². The van der Waals surface area contributed by atoms with Gasteiger partial charge in [0.15, 0.2) is 0 Å². The van der Waals surface area contributed by atoms with Crippen LogP contribution < -0.4 is 10.6 Å². The lowest BCUT2D eigenvalue weighted by molar-refractivity contribution is 0.1000. The lowest BCUT2D eigenvalue weighted by atomic mass is 10.0. The highest BCUT2D eigenvalue weighted by Gasteiger charge is 2.29. The van der Waals surface area contributed by atoms with E-state index in [1.54, 1.807) is 0 Å². The molecule has 0 spiro atoms. The molecule has 5 heteroatoms. The number of aryl methyl sites for hydroxylation is 1. The van der Waals surface area contributed by atoms with Gasteiger partial charge in [-0.1, -0.05) is 12.5 Å². The first-order chi connectivity index (χ1) is 12.6. The predicted octanol–water partition coefficient (Wildman–Crippen LogP) is 2.90. The molecule has 4 rings (SSSR count). The minimum Gasteiger partial charge on any atom is -0.365 e. The molecule has 1 aromatic carbocycles. The summed E-state index contributed by atoms with van der Waals surface area (Å²) >= 11 is 0. The Hall–Kier alpha value is -2.14. The number of pyridine rings is 1. The molecule has 3 heterocycles. The van der Waals surface area contributed by atoms with E-state index < -0.39 is 5.91 Å². The van der Waals surface area contributed by atoms with Crippen molar-refractivity contribution in [2.75, 3.05) is 31.1 Å². The van der Waals surface area contributed by atoms with E-state index in [2.05, 4.69) is 15.9 Å². The number of primary amides is 1. The van der Waals surface area contributed by atoms with E-state index in [0.717, 1.165) is 41.8 Å². The Morgan fingerprint density at radius 2 is 2.00 bits per heavy atom. The second-order valence-corrected chi connectivity index (χ2v) is 7.58. The second-order valence-electron chi connectivity index (χ2n) is 7.58. The van der Waals surface area contributed by atoms with E-state index in [-0.39, 0.29) is 0 Å². The minimum absolute atomic E-state index is 0.391. The maximum absolute atomic E-state index is 12.3. The lowest BCUT2D eigenvalue weighted by Crippen LogP contribution is -2.42. The molecule has 1 unspecified atom stereocenters. The Balaban J connectivity index is 1.76. The molecule has 1 atom stereocenters. The number of fused-ring (bicyclic) bond motifs is 1. The number of nitrogens with two attached hydrogens (primary N) is 1. The Morgan fingerprint density at radius 3 is 2.77 bits per heavy atom. The number of benzene rings is 1. The van der Waals surface area contributed by atoms with Gasteiger partial charge in [-0.05, 0) is 69.5 Å². The lowest BCUT2D eigenvalue weighted by Gasteiger charge is -2.32. The van der Waals surface area contributed by atoms with Crippen LogP contribution in [0.2, 0.25) is 0 Å². The highest BCUT2D eigenvalue weighted by Crippen LogP contribution is 2.30. The van der Waals surface area contributed by atoms with Crippen molar-refractivity contribution in [3.63, 3.8) is 0 Å². The third-order valence-corrected chi connectivity index (χ3v) is 5.92. The molecule has 1 amide bonds. The van der Waals surface area contributed by atoms with E-state index in [0.29, 0.717) is 11.6 Å². The molecule has 137 valence electrons. The van der Waals surface area contributed by atoms with Crippen molar-refractivity contribution in [2.24, 2.45) is 5.73 Å². The highest BCUT2D eigenvalue weighted by molar-refractivity contribution is 6.04. The van der Waals surface area contributed by atoms with Crippen LogP contribution in [0.1, 0.15) is 48.0 Å². The van der Waals surface area contributed by atoms with Crippen LogP contribution in [0, 0.1) is 13.0 Å². The summed E-state index contributed by atoms with van der Waals surface area (Å²) in [7, 11) is 0. The van der Waals surface area contributed by atoms with Crippen LogP contribution in [-0.4, -0.2) is 48.0 Å². The van der Waals surface area contributed by atoms with Crippen LogP contribution in [0.4, 0.5) is 5.82 Å². The van der Waals surface area contributed by atoms with Crippen LogP contribution in [0.25, 0.3) is 10.9 Å². The summed E-state index contributed by atoms with van der Waals surface area (Å²) in [6.45, 7) is 6.22. The number of carbonyl (C=O) groups excluding carboxylic acids is 1. The number of nitrogens with zero attached hydrogens (tertiary/aromatic N) is 3. The summed E-state index contributed by atoms with van der Waals surface area (Å²) in [6, 6.07) is 9.36. The smallest absolute Gasteiger partial charge is 0.252 e. The topological polar surface area (TPSA) is 62.5 Å². The van der Waals surface area contributed by atoms with Crippen LogP contribution in [0.15, 0.2) is 18.2 Å². The molecule has 2 aliphatic rings. The normalized spacial score (nSPS) is 21.9. The number of aromatic nitrogens is 1. The molecule has 2 N–H and O–H groups in total. The Labute approximate surface area is 155 Å². The summed E-state index contributed by atoms with van der Waals surface area (Å²) in [5, 5.41) is 0.955. The van der Waals surface area contributed by atoms with Gasteiger partial charge in [0.05, 0.1) is 11.1 Å². The number of hydrogen-bond acceptors (Lipinski definition) is 4. The van der Waals surface area contributed by atoms with Crippen LogP contribution in [0.3, 0.4) is 0 Å². The van der Waals surface area contributed by atoms with Crippen LogP contribution >= 0.6 is 0 Å². The van der Waals surface area contributed by atoms with Crippen molar-refractivity contribution in [3.05, 3.63) is 35.4 Å². The fourth-order valence-corrected chi connectivity index (χ4v) is 4.53. The Bertz CT molecular complexity index is 813. The Morgan fingerprint density at radius 1 is 1.23 bits per heavy atom. The summed E-state index contributed by atoms with van der Waals surface area (Å²) in [5.41, 5.74) is 8.17. The van der Waals surface area contributed by atoms with Gasteiger partial charge in [-0.3, -0.25) is 9.69 Å². The van der Waals surface area contributed by atoms with Crippen molar-refractivity contribution < 1.29 is 4.79 Å². The molecule has 0 saturated carbocycles. The second kappa shape index (κ2) is 7.23. The molecule has 5 nitrogen and oxygen atoms in total. The zero-order valence-electron chi connectivity index (χ0n) is 15.5. The molecule has 0 aliphatic carbocycles. The SMILES string of the molecule is Cc1c(C(N)=O)c(N2CCCCC(N3CCCC3)C2)nc2cc[c]cc12. The van der Waals surface area contributed by atoms with Crippen molar-refractivity contribution in [2.45, 2.75) is 45.1 Å². The van der Waals surface area contributed by atoms with E-state index >= 15 is 0 Å². The number of rotatable bonds is 3. The van der Waals surface area contributed by atoms with Crippen molar-refractivity contribution in [3.8, 4) is 0 Å². The first kappa shape index (κ1) is 17.3. The summed E-state index contributed by atoms with van der Waals surface area (Å²) in [5.74, 6) is 0.373. The molecule has 2 aromatic rings. The standard InChI is InChI=1S/C21H27N4O/c1-15-17-9-2-3-10-18(17)23-21(19(15)20(22)26)25-13-5-4-8-16(14-25)24-11-6-7-12-24/h3,9-10,16H,4-8,11-14H2,1H3,(H2,22,26). The molecule has 2 fully saturated rings. The van der Waals surface area contributed by atoms with Gasteiger partial charge >= 0.3 is 0 Å². The quantitative estimate of drug-likeness (QED) is 0.924. The first-order valence-electron chi connectivity index (χ1n) is 9.74. The molecule has 2 aliphatic heterocycles. The van der Waals surface area contributed by atoms with Crippen LogP contribution in [0.5, 0.6) is 0 Å². The zero-order valence-corrected chi connectivity index (χ0v) is 15.5. The Kier molecular flexibility index (Phi) is 4.81. The minimum atomic E-state index is -0.391. The fourth-order valence-electron chi connectivity index (χ4n) is 4.53. The van der Waals surface area contributed by atoms with Gasteiger partial charge in [-0.25, -0.2) is 4.98 Å². The number of anilines is 1. The zero-order chi connectivity index (χ0) is 18.1.